The molecule has 0 saturated heterocycles. The number of hydrogen-bond donors (Lipinski definition) is 4. The molecule has 8 nitrogen and oxygen atoms in total. The smallest absolute Gasteiger partial charge is 0.256 e. The van der Waals surface area contributed by atoms with Crippen molar-refractivity contribution in [3.8, 4) is 0 Å². The molecule has 1 aromatic rings. The van der Waals surface area contributed by atoms with Crippen LogP contribution in [-0.4, -0.2) is 40.8 Å². The number of nitrogens with two attached hydrogens (primary N) is 1. The van der Waals surface area contributed by atoms with Crippen molar-refractivity contribution >= 4 is 29.2 Å². The molecular formula is C15H20N4O4. The van der Waals surface area contributed by atoms with Crippen molar-refractivity contribution in [3.05, 3.63) is 29.8 Å². The first kappa shape index (κ1) is 18.5. The van der Waals surface area contributed by atoms with Gasteiger partial charge >= 0.3 is 0 Å². The average molecular weight is 320 g/mol. The molecule has 0 fully saturated rings. The number of nitrogens with zero attached hydrogens (tertiary/aromatic N) is 1. The van der Waals surface area contributed by atoms with Crippen LogP contribution in [0.15, 0.2) is 29.3 Å². The molecule has 3 amide bonds. The zero-order chi connectivity index (χ0) is 17.6. The van der Waals surface area contributed by atoms with Crippen LogP contribution < -0.4 is 16.4 Å². The third-order valence-electron chi connectivity index (χ3n) is 2.87. The monoisotopic (exact) mass is 320 g/mol. The quantitative estimate of drug-likeness (QED) is 0.459. The fourth-order valence-corrected chi connectivity index (χ4v) is 1.55. The summed E-state index contributed by atoms with van der Waals surface area (Å²) >= 11 is 0. The van der Waals surface area contributed by atoms with Gasteiger partial charge in [0.2, 0.25) is 11.8 Å². The first-order chi connectivity index (χ1) is 10.7. The summed E-state index contributed by atoms with van der Waals surface area (Å²) in [6.45, 7) is 3.70. The Kier molecular flexibility index (Phi) is 6.11. The number of aliphatic hydroxyl groups excluding tert-OH is 1. The van der Waals surface area contributed by atoms with Gasteiger partial charge in [-0.05, 0) is 38.1 Å². The third-order valence-corrected chi connectivity index (χ3v) is 2.87. The Labute approximate surface area is 133 Å². The van der Waals surface area contributed by atoms with Gasteiger partial charge in [-0.2, -0.15) is 0 Å². The third kappa shape index (κ3) is 5.61. The largest absolute Gasteiger partial charge is 0.394 e. The minimum absolute atomic E-state index is 0.196. The van der Waals surface area contributed by atoms with E-state index in [-0.39, 0.29) is 5.84 Å². The topological polar surface area (TPSA) is 134 Å². The number of benzene rings is 1. The molecule has 5 N–H and O–H groups in total. The van der Waals surface area contributed by atoms with Crippen LogP contribution in [-0.2, 0) is 9.59 Å². The predicted octanol–water partition coefficient (Wildman–Crippen LogP) is 0.0295. The Morgan fingerprint density at radius 1 is 1.22 bits per heavy atom. The van der Waals surface area contributed by atoms with Gasteiger partial charge in [-0.3, -0.25) is 14.4 Å². The molecule has 0 bridgehead atoms. The Hall–Kier alpha value is -2.58. The van der Waals surface area contributed by atoms with E-state index in [1.54, 1.807) is 0 Å². The van der Waals surface area contributed by atoms with Crippen molar-refractivity contribution in [2.75, 3.05) is 11.9 Å². The van der Waals surface area contributed by atoms with Crippen LogP contribution in [0.25, 0.3) is 0 Å². The van der Waals surface area contributed by atoms with Crippen LogP contribution >= 0.6 is 0 Å². The number of carbonyl (C=O) groups is 3. The number of aliphatic imine (C=N–C) groups is 1. The Balaban J connectivity index is 2.75. The molecule has 1 unspecified atom stereocenters. The van der Waals surface area contributed by atoms with Crippen LogP contribution in [0.1, 0.15) is 31.1 Å². The zero-order valence-electron chi connectivity index (χ0n) is 13.2. The summed E-state index contributed by atoms with van der Waals surface area (Å²) in [7, 11) is 0. The summed E-state index contributed by atoms with van der Waals surface area (Å²) in [6, 6.07) is 6.05. The van der Waals surface area contributed by atoms with E-state index < -0.39 is 29.9 Å². The van der Waals surface area contributed by atoms with Crippen molar-refractivity contribution < 1.29 is 19.5 Å². The number of nitrogens with one attached hydrogen (secondary N) is 2. The number of amides is 3. The lowest BCUT2D eigenvalue weighted by atomic mass is 10.0. The second-order valence-electron chi connectivity index (χ2n) is 5.28. The summed E-state index contributed by atoms with van der Waals surface area (Å²) < 4.78 is 0. The predicted molar refractivity (Wildman–Crippen MR) is 86.0 cm³/mol. The number of hydrogen-bond acceptors (Lipinski definition) is 5. The lowest BCUT2D eigenvalue weighted by Gasteiger charge is -2.20. The van der Waals surface area contributed by atoms with Gasteiger partial charge in [-0.25, -0.2) is 4.99 Å². The molecule has 8 heteroatoms. The summed E-state index contributed by atoms with van der Waals surface area (Å²) in [4.78, 5) is 38.1. The lowest BCUT2D eigenvalue weighted by Crippen LogP contribution is -2.51. The fourth-order valence-electron chi connectivity index (χ4n) is 1.55. The first-order valence-corrected chi connectivity index (χ1v) is 6.84. The molecule has 1 atom stereocenters. The van der Waals surface area contributed by atoms with Crippen LogP contribution in [0.2, 0.25) is 0 Å². The number of rotatable bonds is 4. The number of aliphatic hydroxyl groups is 1. The van der Waals surface area contributed by atoms with Crippen LogP contribution in [0.3, 0.4) is 0 Å². The van der Waals surface area contributed by atoms with Crippen molar-refractivity contribution in [2.45, 2.75) is 26.3 Å². The first-order valence-electron chi connectivity index (χ1n) is 6.84. The molecule has 0 radical (unpaired) electrons. The normalized spacial score (nSPS) is 13.9. The SMILES string of the molecule is CC(=O)/N=C(\C)NC(=O)c1ccc(NC(=O)C(C)(N)CO)cc1. The fraction of sp³-hybridized carbons (Fsp3) is 0.333. The van der Waals surface area contributed by atoms with E-state index in [2.05, 4.69) is 15.6 Å². The highest BCUT2D eigenvalue weighted by atomic mass is 16.3. The van der Waals surface area contributed by atoms with E-state index in [1.807, 2.05) is 0 Å². The molecule has 124 valence electrons. The Morgan fingerprint density at radius 2 is 1.78 bits per heavy atom. The highest BCUT2D eigenvalue weighted by molar-refractivity contribution is 6.08. The van der Waals surface area contributed by atoms with Crippen molar-refractivity contribution in [1.82, 2.24) is 5.32 Å². The second-order valence-corrected chi connectivity index (χ2v) is 5.28. The molecule has 1 aromatic carbocycles. The molecule has 0 spiro atoms. The van der Waals surface area contributed by atoms with Crippen LogP contribution in [0.4, 0.5) is 5.69 Å². The maximum atomic E-state index is 11.9. The van der Waals surface area contributed by atoms with E-state index >= 15 is 0 Å². The van der Waals surface area contributed by atoms with E-state index in [9.17, 15) is 14.4 Å². The molecule has 0 aromatic heterocycles. The summed E-state index contributed by atoms with van der Waals surface area (Å²) in [6.07, 6.45) is 0. The number of carbonyl (C=O) groups excluding carboxylic acids is 3. The average Bonchev–Trinajstić information content (AvgIpc) is 2.46. The lowest BCUT2D eigenvalue weighted by molar-refractivity contribution is -0.121. The van der Waals surface area contributed by atoms with Crippen LogP contribution in [0.5, 0.6) is 0 Å². The summed E-state index contributed by atoms with van der Waals surface area (Å²) in [5.41, 5.74) is 4.99. The summed E-state index contributed by atoms with van der Waals surface area (Å²) in [5.74, 6) is -1.18. The minimum Gasteiger partial charge on any atom is -0.394 e. The van der Waals surface area contributed by atoms with E-state index in [4.69, 9.17) is 10.8 Å². The number of amidine groups is 1. The highest BCUT2D eigenvalue weighted by Crippen LogP contribution is 2.11. The van der Waals surface area contributed by atoms with Gasteiger partial charge in [0.05, 0.1) is 6.61 Å². The molecule has 0 aliphatic carbocycles. The molecule has 1 rings (SSSR count). The molecule has 0 aliphatic rings. The van der Waals surface area contributed by atoms with Gasteiger partial charge in [0.1, 0.15) is 11.4 Å². The molecular weight excluding hydrogens is 300 g/mol. The van der Waals surface area contributed by atoms with Gasteiger partial charge < -0.3 is 21.5 Å². The van der Waals surface area contributed by atoms with E-state index in [1.165, 1.54) is 45.0 Å². The van der Waals surface area contributed by atoms with Crippen molar-refractivity contribution in [2.24, 2.45) is 10.7 Å². The second kappa shape index (κ2) is 7.61. The Bertz CT molecular complexity index is 635. The molecule has 23 heavy (non-hydrogen) atoms. The van der Waals surface area contributed by atoms with Gasteiger partial charge in [-0.1, -0.05) is 0 Å². The Morgan fingerprint density at radius 3 is 2.26 bits per heavy atom. The summed E-state index contributed by atoms with van der Waals surface area (Å²) in [5, 5.41) is 14.0. The van der Waals surface area contributed by atoms with Crippen molar-refractivity contribution in [1.29, 1.82) is 0 Å². The van der Waals surface area contributed by atoms with Gasteiger partial charge in [0.15, 0.2) is 0 Å². The number of anilines is 1. The van der Waals surface area contributed by atoms with E-state index in [0.717, 1.165) is 0 Å². The molecule has 0 aliphatic heterocycles. The highest BCUT2D eigenvalue weighted by Gasteiger charge is 2.27. The van der Waals surface area contributed by atoms with Gasteiger partial charge in [0.25, 0.3) is 5.91 Å². The standard InChI is InChI=1S/C15H20N4O4/c1-9(17-10(2)21)18-13(22)11-4-6-12(7-5-11)19-14(23)15(3,16)8-20/h4-7,20H,8,16H2,1-3H3,(H,19,23)(H,17,18,21,22). The van der Waals surface area contributed by atoms with E-state index in [0.29, 0.717) is 11.3 Å². The van der Waals surface area contributed by atoms with Gasteiger partial charge in [-0.15, -0.1) is 0 Å². The maximum absolute atomic E-state index is 11.9. The molecule has 0 heterocycles. The van der Waals surface area contributed by atoms with Gasteiger partial charge in [0, 0.05) is 18.2 Å². The van der Waals surface area contributed by atoms with Crippen LogP contribution in [0, 0.1) is 0 Å². The maximum Gasteiger partial charge on any atom is 0.256 e. The van der Waals surface area contributed by atoms with Crippen molar-refractivity contribution in [3.63, 3.8) is 0 Å². The zero-order valence-corrected chi connectivity index (χ0v) is 13.2. The minimum atomic E-state index is -1.39. The molecule has 0 saturated carbocycles.